The van der Waals surface area contributed by atoms with Crippen LogP contribution in [0.2, 0.25) is 0 Å². The summed E-state index contributed by atoms with van der Waals surface area (Å²) in [7, 11) is 0. The van der Waals surface area contributed by atoms with Crippen LogP contribution in [0, 0.1) is 19.8 Å². The summed E-state index contributed by atoms with van der Waals surface area (Å²) in [6.07, 6.45) is 7.23. The largest absolute Gasteiger partial charge is 0.485 e. The summed E-state index contributed by atoms with van der Waals surface area (Å²) in [5.74, 6) is 0.771. The average molecular weight is 548 g/mol. The molecule has 1 amide bonds. The van der Waals surface area contributed by atoms with Crippen molar-refractivity contribution in [3.63, 3.8) is 0 Å². The average Bonchev–Trinajstić information content (AvgIpc) is 3.39. The van der Waals surface area contributed by atoms with Crippen molar-refractivity contribution in [1.82, 2.24) is 5.32 Å². The highest BCUT2D eigenvalue weighted by Crippen LogP contribution is 2.38. The molecule has 0 radical (unpaired) electrons. The first-order valence-corrected chi connectivity index (χ1v) is 15.0. The van der Waals surface area contributed by atoms with Gasteiger partial charge in [0.1, 0.15) is 11.9 Å². The zero-order valence-corrected chi connectivity index (χ0v) is 24.4. The third-order valence-corrected chi connectivity index (χ3v) is 8.71. The van der Waals surface area contributed by atoms with E-state index in [9.17, 15) is 9.59 Å². The normalized spacial score (nSPS) is 14.8. The second-order valence-corrected chi connectivity index (χ2v) is 12.3. The molecule has 1 aliphatic rings. The van der Waals surface area contributed by atoms with Crippen molar-refractivity contribution >= 4 is 23.2 Å². The van der Waals surface area contributed by atoms with Gasteiger partial charge in [-0.05, 0) is 97.0 Å². The Balaban J connectivity index is 1.50. The van der Waals surface area contributed by atoms with E-state index in [4.69, 9.17) is 9.84 Å². The summed E-state index contributed by atoms with van der Waals surface area (Å²) in [6.45, 7) is 8.74. The van der Waals surface area contributed by atoms with Crippen LogP contribution in [-0.2, 0) is 4.79 Å². The zero-order chi connectivity index (χ0) is 27.9. The van der Waals surface area contributed by atoms with Crippen LogP contribution in [0.5, 0.6) is 5.75 Å². The molecular weight excluding hydrogens is 506 g/mol. The van der Waals surface area contributed by atoms with Crippen molar-refractivity contribution < 1.29 is 19.4 Å². The van der Waals surface area contributed by atoms with Crippen LogP contribution in [0.15, 0.2) is 48.5 Å². The fourth-order valence-corrected chi connectivity index (χ4v) is 6.60. The summed E-state index contributed by atoms with van der Waals surface area (Å²) in [5.41, 5.74) is 6.34. The van der Waals surface area contributed by atoms with E-state index in [-0.39, 0.29) is 25.0 Å². The van der Waals surface area contributed by atoms with Gasteiger partial charge in [0, 0.05) is 11.4 Å². The highest BCUT2D eigenvalue weighted by Gasteiger charge is 2.21. The van der Waals surface area contributed by atoms with Crippen LogP contribution in [0.25, 0.3) is 11.1 Å². The molecule has 2 aromatic carbocycles. The molecule has 0 aliphatic heterocycles. The molecule has 39 heavy (non-hydrogen) atoms. The zero-order valence-electron chi connectivity index (χ0n) is 23.6. The number of hydrogen-bond donors (Lipinski definition) is 2. The van der Waals surface area contributed by atoms with Gasteiger partial charge in [0.05, 0.1) is 11.3 Å². The molecule has 1 unspecified atom stereocenters. The minimum absolute atomic E-state index is 0.0948. The maximum Gasteiger partial charge on any atom is 0.305 e. The molecule has 1 atom stereocenters. The number of carbonyl (C=O) groups excluding carboxylic acids is 1. The fourth-order valence-electron chi connectivity index (χ4n) is 5.64. The number of aryl methyl sites for hydroxylation is 2. The molecule has 4 rings (SSSR count). The molecule has 1 aromatic heterocycles. The molecule has 0 saturated heterocycles. The fraction of sp³-hybridized carbons (Fsp3) is 0.455. The molecule has 1 fully saturated rings. The lowest BCUT2D eigenvalue weighted by molar-refractivity contribution is -0.136. The molecule has 1 heterocycles. The van der Waals surface area contributed by atoms with Crippen molar-refractivity contribution in [3.8, 4) is 16.9 Å². The minimum Gasteiger partial charge on any atom is -0.485 e. The first-order chi connectivity index (χ1) is 18.7. The van der Waals surface area contributed by atoms with Gasteiger partial charge in [0.15, 0.2) is 0 Å². The molecular formula is C33H41NO4S. The van der Waals surface area contributed by atoms with E-state index in [1.807, 2.05) is 6.07 Å². The first-order valence-electron chi connectivity index (χ1n) is 14.2. The van der Waals surface area contributed by atoms with Gasteiger partial charge < -0.3 is 15.2 Å². The summed E-state index contributed by atoms with van der Waals surface area (Å²) < 4.78 is 6.57. The number of ether oxygens (including phenoxy) is 1. The van der Waals surface area contributed by atoms with E-state index >= 15 is 0 Å². The van der Waals surface area contributed by atoms with E-state index in [2.05, 4.69) is 69.4 Å². The van der Waals surface area contributed by atoms with Gasteiger partial charge in [-0.15, -0.1) is 11.3 Å². The van der Waals surface area contributed by atoms with Gasteiger partial charge >= 0.3 is 5.97 Å². The van der Waals surface area contributed by atoms with Gasteiger partial charge in [-0.1, -0.05) is 57.4 Å². The smallest absolute Gasteiger partial charge is 0.305 e. The topological polar surface area (TPSA) is 75.6 Å². The Morgan fingerprint density at radius 1 is 1.00 bits per heavy atom. The number of carboxylic acids is 1. The summed E-state index contributed by atoms with van der Waals surface area (Å²) in [6, 6.07) is 17.2. The monoisotopic (exact) mass is 547 g/mol. The number of hydrogen-bond acceptors (Lipinski definition) is 4. The van der Waals surface area contributed by atoms with Crippen molar-refractivity contribution in [3.05, 3.63) is 75.0 Å². The lowest BCUT2D eigenvalue weighted by Gasteiger charge is -2.23. The number of carbonyl (C=O) groups is 2. The van der Waals surface area contributed by atoms with Crippen molar-refractivity contribution in [2.24, 2.45) is 5.92 Å². The molecule has 1 saturated carbocycles. The molecule has 208 valence electrons. The maximum absolute atomic E-state index is 12.5. The van der Waals surface area contributed by atoms with E-state index in [0.717, 1.165) is 17.0 Å². The predicted molar refractivity (Wildman–Crippen MR) is 159 cm³/mol. The third kappa shape index (κ3) is 7.72. The Hall–Kier alpha value is -3.12. The Morgan fingerprint density at radius 3 is 2.28 bits per heavy atom. The molecule has 0 bridgehead atoms. The number of nitrogens with one attached hydrogen (secondary N) is 1. The molecule has 2 N–H and O–H groups in total. The second kappa shape index (κ2) is 13.3. The third-order valence-electron chi connectivity index (χ3n) is 7.54. The molecule has 6 heteroatoms. The Kier molecular flexibility index (Phi) is 9.84. The van der Waals surface area contributed by atoms with Gasteiger partial charge in [-0.25, -0.2) is 0 Å². The quantitative estimate of drug-likeness (QED) is 0.252. The van der Waals surface area contributed by atoms with Crippen LogP contribution < -0.4 is 10.1 Å². The van der Waals surface area contributed by atoms with Crippen molar-refractivity contribution in [2.45, 2.75) is 84.7 Å². The van der Waals surface area contributed by atoms with Crippen LogP contribution >= 0.6 is 11.3 Å². The highest BCUT2D eigenvalue weighted by molar-refractivity contribution is 7.14. The maximum atomic E-state index is 12.5. The van der Waals surface area contributed by atoms with Gasteiger partial charge in [0.25, 0.3) is 5.91 Å². The number of benzene rings is 2. The first kappa shape index (κ1) is 28.9. The molecule has 1 aliphatic carbocycles. The van der Waals surface area contributed by atoms with Crippen LogP contribution in [0.4, 0.5) is 0 Å². The van der Waals surface area contributed by atoms with Gasteiger partial charge in [0.2, 0.25) is 0 Å². The van der Waals surface area contributed by atoms with E-state index in [1.165, 1.54) is 71.3 Å². The lowest BCUT2D eigenvalue weighted by atomic mass is 9.83. The molecule has 3 aromatic rings. The summed E-state index contributed by atoms with van der Waals surface area (Å²) in [5, 5.41) is 11.5. The van der Waals surface area contributed by atoms with Gasteiger partial charge in [-0.2, -0.15) is 0 Å². The molecule has 0 spiro atoms. The number of carboxylic acid groups (broad SMARTS) is 1. The standard InChI is InChI=1S/C33H41NO4S/c1-21(2)18-28(29-14-15-30(39-29)33(37)34-17-16-31(35)36)38-27-19-22(3)32(23(4)20-27)26-12-10-25(11-13-26)24-8-6-5-7-9-24/h10-15,19-21,24,28H,5-9,16-18H2,1-4H3,(H,34,37)(H,35,36). The minimum atomic E-state index is -0.930. The van der Waals surface area contributed by atoms with Crippen LogP contribution in [0.1, 0.15) is 102 Å². The Morgan fingerprint density at radius 2 is 1.67 bits per heavy atom. The Labute approximate surface area is 236 Å². The second-order valence-electron chi connectivity index (χ2n) is 11.2. The van der Waals surface area contributed by atoms with Crippen LogP contribution in [0.3, 0.4) is 0 Å². The summed E-state index contributed by atoms with van der Waals surface area (Å²) >= 11 is 1.41. The van der Waals surface area contributed by atoms with Crippen molar-refractivity contribution in [1.29, 1.82) is 0 Å². The Bertz CT molecular complexity index is 1250. The van der Waals surface area contributed by atoms with E-state index < -0.39 is 5.97 Å². The van der Waals surface area contributed by atoms with E-state index in [0.29, 0.717) is 16.7 Å². The van der Waals surface area contributed by atoms with E-state index in [1.54, 1.807) is 6.07 Å². The number of rotatable bonds is 11. The van der Waals surface area contributed by atoms with Crippen molar-refractivity contribution in [2.75, 3.05) is 6.54 Å². The lowest BCUT2D eigenvalue weighted by Crippen LogP contribution is -2.25. The van der Waals surface area contributed by atoms with Gasteiger partial charge in [-0.3, -0.25) is 9.59 Å². The SMILES string of the molecule is Cc1cc(OC(CC(C)C)c2ccc(C(=O)NCCC(=O)O)s2)cc(C)c1-c1ccc(C2CCCCC2)cc1. The number of amides is 1. The molecule has 5 nitrogen and oxygen atoms in total. The summed E-state index contributed by atoms with van der Waals surface area (Å²) in [4.78, 5) is 24.8. The number of aliphatic carboxylic acids is 1. The van der Waals surface area contributed by atoms with Crippen LogP contribution in [-0.4, -0.2) is 23.5 Å². The predicted octanol–water partition coefficient (Wildman–Crippen LogP) is 8.45. The highest BCUT2D eigenvalue weighted by atomic mass is 32.1. The number of thiophene rings is 1.